The van der Waals surface area contributed by atoms with Gasteiger partial charge in [-0.2, -0.15) is 0 Å². The van der Waals surface area contributed by atoms with Crippen LogP contribution in [0.5, 0.6) is 0 Å². The molecule has 4 rings (SSSR count). The minimum absolute atomic E-state index is 0.176. The van der Waals surface area contributed by atoms with Gasteiger partial charge in [-0.1, -0.05) is 37.3 Å². The Morgan fingerprint density at radius 1 is 1.18 bits per heavy atom. The Bertz CT molecular complexity index is 815. The van der Waals surface area contributed by atoms with Crippen LogP contribution in [0.2, 0.25) is 0 Å². The van der Waals surface area contributed by atoms with E-state index in [2.05, 4.69) is 42.2 Å². The summed E-state index contributed by atoms with van der Waals surface area (Å²) in [6, 6.07) is 10.7. The lowest BCUT2D eigenvalue weighted by Gasteiger charge is -2.32. The van der Waals surface area contributed by atoms with Gasteiger partial charge in [-0.15, -0.1) is 0 Å². The maximum Gasteiger partial charge on any atom is 0.219 e. The van der Waals surface area contributed by atoms with Crippen molar-refractivity contribution in [2.45, 2.75) is 51.5 Å². The lowest BCUT2D eigenvalue weighted by Crippen LogP contribution is -2.37. The topological polar surface area (TPSA) is 49.3 Å². The monoisotopic (exact) mass is 378 g/mol. The van der Waals surface area contributed by atoms with Gasteiger partial charge >= 0.3 is 0 Å². The van der Waals surface area contributed by atoms with Gasteiger partial charge in [0.2, 0.25) is 5.91 Å². The summed E-state index contributed by atoms with van der Waals surface area (Å²) < 4.78 is 0. The van der Waals surface area contributed by atoms with E-state index >= 15 is 0 Å². The van der Waals surface area contributed by atoms with Crippen LogP contribution in [-0.2, 0) is 17.8 Å². The molecular weight excluding hydrogens is 348 g/mol. The van der Waals surface area contributed by atoms with Gasteiger partial charge < -0.3 is 4.90 Å². The Labute approximate surface area is 167 Å². The lowest BCUT2D eigenvalue weighted by molar-refractivity contribution is -0.129. The van der Waals surface area contributed by atoms with E-state index in [1.807, 2.05) is 11.1 Å². The molecule has 1 fully saturated rings. The Kier molecular flexibility index (Phi) is 5.72. The summed E-state index contributed by atoms with van der Waals surface area (Å²) in [6.45, 7) is 8.67. The highest BCUT2D eigenvalue weighted by atomic mass is 16.2. The van der Waals surface area contributed by atoms with E-state index in [1.54, 1.807) is 6.92 Å². The molecule has 0 bridgehead atoms. The summed E-state index contributed by atoms with van der Waals surface area (Å²) in [7, 11) is 0. The molecule has 1 aromatic carbocycles. The van der Waals surface area contributed by atoms with Crippen molar-refractivity contribution in [1.82, 2.24) is 19.8 Å². The predicted octanol–water partition coefficient (Wildman–Crippen LogP) is 3.36. The van der Waals surface area contributed by atoms with Crippen molar-refractivity contribution < 1.29 is 4.79 Å². The average Bonchev–Trinajstić information content (AvgIpc) is 2.74. The zero-order chi connectivity index (χ0) is 19.5. The third-order valence-electron chi connectivity index (χ3n) is 6.24. The van der Waals surface area contributed by atoms with E-state index in [1.165, 1.54) is 16.8 Å². The summed E-state index contributed by atoms with van der Waals surface area (Å²) in [5, 5.41) is 0. The van der Waals surface area contributed by atoms with Crippen molar-refractivity contribution in [1.29, 1.82) is 0 Å². The van der Waals surface area contributed by atoms with Crippen LogP contribution in [0.1, 0.15) is 61.2 Å². The van der Waals surface area contributed by atoms with Crippen molar-refractivity contribution in [2.24, 2.45) is 0 Å². The van der Waals surface area contributed by atoms with Gasteiger partial charge in [-0.25, -0.2) is 9.97 Å². The number of aromatic nitrogens is 2. The number of carbonyl (C=O) groups is 1. The molecule has 1 saturated heterocycles. The van der Waals surface area contributed by atoms with Crippen molar-refractivity contribution in [2.75, 3.05) is 26.2 Å². The highest BCUT2D eigenvalue weighted by Gasteiger charge is 2.26. The number of piperidine rings is 1. The van der Waals surface area contributed by atoms with Gasteiger partial charge in [-0.3, -0.25) is 9.69 Å². The third kappa shape index (κ3) is 4.25. The predicted molar refractivity (Wildman–Crippen MR) is 110 cm³/mol. The second kappa shape index (κ2) is 8.39. The van der Waals surface area contributed by atoms with E-state index in [0.29, 0.717) is 11.8 Å². The molecule has 0 radical (unpaired) electrons. The van der Waals surface area contributed by atoms with Crippen molar-refractivity contribution in [3.8, 4) is 0 Å². The average molecular weight is 379 g/mol. The molecule has 1 unspecified atom stereocenters. The Balaban J connectivity index is 1.37. The van der Waals surface area contributed by atoms with Crippen LogP contribution in [0, 0.1) is 0 Å². The fourth-order valence-corrected chi connectivity index (χ4v) is 4.47. The number of carbonyl (C=O) groups excluding carboxylic acids is 1. The number of hydrogen-bond donors (Lipinski definition) is 0. The molecular formula is C23H30N4O. The number of nitrogens with zero attached hydrogens (tertiary/aromatic N) is 4. The van der Waals surface area contributed by atoms with Gasteiger partial charge in [-0.05, 0) is 24.3 Å². The molecule has 1 aromatic heterocycles. The van der Waals surface area contributed by atoms with Gasteiger partial charge in [0.1, 0.15) is 5.82 Å². The van der Waals surface area contributed by atoms with Crippen LogP contribution in [0.3, 0.4) is 0 Å². The smallest absolute Gasteiger partial charge is 0.219 e. The zero-order valence-corrected chi connectivity index (χ0v) is 17.0. The largest absolute Gasteiger partial charge is 0.343 e. The standard InChI is InChI=1S/C23H30N4O/c1-17(19-6-4-3-5-7-19)15-26-11-10-22-21(16-26)14-24-23(25-22)20-8-12-27(13-9-20)18(2)28/h3-7,14,17,20H,8-13,15-16H2,1-2H3. The number of fused-ring (bicyclic) bond motifs is 1. The highest BCUT2D eigenvalue weighted by molar-refractivity contribution is 5.73. The number of benzene rings is 1. The molecule has 148 valence electrons. The van der Waals surface area contributed by atoms with E-state index in [-0.39, 0.29) is 5.91 Å². The van der Waals surface area contributed by atoms with E-state index in [4.69, 9.17) is 9.97 Å². The molecule has 0 spiro atoms. The molecule has 2 aromatic rings. The molecule has 5 heteroatoms. The molecule has 1 atom stereocenters. The summed E-state index contributed by atoms with van der Waals surface area (Å²) in [6.07, 6.45) is 4.99. The minimum Gasteiger partial charge on any atom is -0.343 e. The lowest BCUT2D eigenvalue weighted by atomic mass is 9.95. The number of amides is 1. The van der Waals surface area contributed by atoms with Crippen molar-refractivity contribution in [3.63, 3.8) is 0 Å². The molecule has 0 saturated carbocycles. The second-order valence-electron chi connectivity index (χ2n) is 8.28. The highest BCUT2D eigenvalue weighted by Crippen LogP contribution is 2.28. The van der Waals surface area contributed by atoms with E-state index < -0.39 is 0 Å². The van der Waals surface area contributed by atoms with Gasteiger partial charge in [0.05, 0.1) is 0 Å². The zero-order valence-electron chi connectivity index (χ0n) is 17.0. The maximum atomic E-state index is 11.5. The van der Waals surface area contributed by atoms with Gasteiger partial charge in [0, 0.05) is 69.4 Å². The van der Waals surface area contributed by atoms with Crippen LogP contribution >= 0.6 is 0 Å². The van der Waals surface area contributed by atoms with Gasteiger partial charge in [0.25, 0.3) is 0 Å². The molecule has 0 N–H and O–H groups in total. The quantitative estimate of drug-likeness (QED) is 0.819. The summed E-state index contributed by atoms with van der Waals surface area (Å²) >= 11 is 0. The molecule has 3 heterocycles. The fraction of sp³-hybridized carbons (Fsp3) is 0.522. The Hall–Kier alpha value is -2.27. The first-order valence-electron chi connectivity index (χ1n) is 10.5. The number of likely N-dealkylation sites (tertiary alicyclic amines) is 1. The summed E-state index contributed by atoms with van der Waals surface area (Å²) in [5.41, 5.74) is 3.90. The SMILES string of the molecule is CC(=O)N1CCC(c2ncc3c(n2)CCN(CC(C)c2ccccc2)C3)CC1. The van der Waals surface area contributed by atoms with Crippen LogP contribution in [-0.4, -0.2) is 51.9 Å². The van der Waals surface area contributed by atoms with Crippen LogP contribution in [0.25, 0.3) is 0 Å². The Morgan fingerprint density at radius 3 is 2.64 bits per heavy atom. The Morgan fingerprint density at radius 2 is 1.93 bits per heavy atom. The normalized spacial score (nSPS) is 19.3. The van der Waals surface area contributed by atoms with Gasteiger partial charge in [0.15, 0.2) is 0 Å². The first-order chi connectivity index (χ1) is 13.6. The third-order valence-corrected chi connectivity index (χ3v) is 6.24. The van der Waals surface area contributed by atoms with Crippen LogP contribution in [0.4, 0.5) is 0 Å². The number of rotatable bonds is 4. The molecule has 1 amide bonds. The first-order valence-corrected chi connectivity index (χ1v) is 10.5. The maximum absolute atomic E-state index is 11.5. The second-order valence-corrected chi connectivity index (χ2v) is 8.28. The van der Waals surface area contributed by atoms with Crippen molar-refractivity contribution >= 4 is 5.91 Å². The van der Waals surface area contributed by atoms with Crippen LogP contribution in [0.15, 0.2) is 36.5 Å². The minimum atomic E-state index is 0.176. The molecule has 2 aliphatic rings. The summed E-state index contributed by atoms with van der Waals surface area (Å²) in [4.78, 5) is 25.6. The molecule has 2 aliphatic heterocycles. The number of hydrogen-bond acceptors (Lipinski definition) is 4. The van der Waals surface area contributed by atoms with Crippen LogP contribution < -0.4 is 0 Å². The first kappa shape index (κ1) is 19.1. The molecule has 5 nitrogen and oxygen atoms in total. The van der Waals surface area contributed by atoms with E-state index in [9.17, 15) is 4.79 Å². The summed E-state index contributed by atoms with van der Waals surface area (Å²) in [5.74, 6) is 2.06. The van der Waals surface area contributed by atoms with E-state index in [0.717, 1.165) is 57.8 Å². The fourth-order valence-electron chi connectivity index (χ4n) is 4.47. The van der Waals surface area contributed by atoms with Crippen molar-refractivity contribution in [3.05, 3.63) is 59.2 Å². The molecule has 0 aliphatic carbocycles. The molecule has 28 heavy (non-hydrogen) atoms.